The molecule has 0 atom stereocenters. The lowest BCUT2D eigenvalue weighted by Gasteiger charge is -1.88. The van der Waals surface area contributed by atoms with E-state index in [0.29, 0.717) is 0 Å². The van der Waals surface area contributed by atoms with Crippen LogP contribution in [0.1, 0.15) is 5.56 Å². The molecule has 0 aliphatic heterocycles. The van der Waals surface area contributed by atoms with Crippen LogP contribution in [0.4, 0.5) is 0 Å². The highest BCUT2D eigenvalue weighted by Crippen LogP contribution is 2.07. The van der Waals surface area contributed by atoms with Gasteiger partial charge in [-0.1, -0.05) is 29.3 Å². The maximum Gasteiger partial charge on any atom is 0.432 e. The lowest BCUT2D eigenvalue weighted by atomic mass is 10.2. The van der Waals surface area contributed by atoms with E-state index >= 15 is 0 Å². The van der Waals surface area contributed by atoms with Crippen LogP contribution in [0.15, 0.2) is 24.3 Å². The Balaban J connectivity index is 0.000000292. The third kappa shape index (κ3) is 5.92. The van der Waals surface area contributed by atoms with Crippen molar-refractivity contribution in [3.05, 3.63) is 34.9 Å². The minimum Gasteiger partial charge on any atom is -0.430 e. The molecule has 0 aromatic heterocycles. The maximum atomic E-state index is 7.12. The third-order valence-electron chi connectivity index (χ3n) is 1.01. The van der Waals surface area contributed by atoms with Crippen LogP contribution >= 0.6 is 11.6 Å². The van der Waals surface area contributed by atoms with E-state index < -0.39 is 7.69 Å². The summed E-state index contributed by atoms with van der Waals surface area (Å²) in [5.74, 6) is 0. The molecular weight excluding hydrogens is 162 g/mol. The average Bonchev–Trinajstić information content (AvgIpc) is 1.97. The Bertz CT molecular complexity index is 167. The van der Waals surface area contributed by atoms with Crippen LogP contribution in [0.5, 0.6) is 0 Å². The fraction of sp³-hybridized carbons (Fsp3) is 0.143. The predicted molar refractivity (Wildman–Crippen MR) is 47.8 cm³/mol. The molecule has 2 nitrogen and oxygen atoms in total. The van der Waals surface area contributed by atoms with Gasteiger partial charge in [-0.05, 0) is 19.1 Å². The van der Waals surface area contributed by atoms with E-state index in [4.69, 9.17) is 21.6 Å². The van der Waals surface area contributed by atoms with Gasteiger partial charge in [0.25, 0.3) is 0 Å². The van der Waals surface area contributed by atoms with Crippen LogP contribution in [0.3, 0.4) is 0 Å². The summed E-state index contributed by atoms with van der Waals surface area (Å²) in [4.78, 5) is 0. The van der Waals surface area contributed by atoms with Crippen molar-refractivity contribution in [3.63, 3.8) is 0 Å². The van der Waals surface area contributed by atoms with E-state index in [1.165, 1.54) is 5.56 Å². The van der Waals surface area contributed by atoms with Crippen LogP contribution in [0.25, 0.3) is 0 Å². The Morgan fingerprint density at radius 2 is 1.55 bits per heavy atom. The van der Waals surface area contributed by atoms with Gasteiger partial charge in [0.2, 0.25) is 0 Å². The van der Waals surface area contributed by atoms with E-state index in [0.717, 1.165) is 5.02 Å². The second-order valence-corrected chi connectivity index (χ2v) is 2.37. The molecule has 0 spiro atoms. The lowest BCUT2D eigenvalue weighted by molar-refractivity contribution is 0.448. The van der Waals surface area contributed by atoms with Gasteiger partial charge in [0.05, 0.1) is 0 Å². The lowest BCUT2D eigenvalue weighted by Crippen LogP contribution is -1.75. The highest BCUT2D eigenvalue weighted by molar-refractivity contribution is 6.30. The molecule has 0 heterocycles. The van der Waals surface area contributed by atoms with Gasteiger partial charge in [0, 0.05) is 5.02 Å². The minimum absolute atomic E-state index is 0.750. The number of rotatable bonds is 0. The summed E-state index contributed by atoms with van der Waals surface area (Å²) in [5.41, 5.74) is 1.24. The number of halogens is 1. The van der Waals surface area contributed by atoms with Crippen molar-refractivity contribution in [1.82, 2.24) is 0 Å². The van der Waals surface area contributed by atoms with Crippen LogP contribution in [-0.4, -0.2) is 17.7 Å². The average molecular weight is 172 g/mol. The van der Waals surface area contributed by atoms with Gasteiger partial charge < -0.3 is 10.0 Å². The quantitative estimate of drug-likeness (QED) is 0.571. The van der Waals surface area contributed by atoms with E-state index in [2.05, 4.69) is 0 Å². The SMILES string of the molecule is Cc1ccc(Cl)cc1.OBO. The molecule has 0 saturated carbocycles. The van der Waals surface area contributed by atoms with Crippen LogP contribution < -0.4 is 0 Å². The second kappa shape index (κ2) is 6.22. The van der Waals surface area contributed by atoms with Crippen molar-refractivity contribution in [3.8, 4) is 0 Å². The van der Waals surface area contributed by atoms with E-state index in [1.54, 1.807) is 0 Å². The Morgan fingerprint density at radius 3 is 1.82 bits per heavy atom. The Labute approximate surface area is 71.8 Å². The van der Waals surface area contributed by atoms with Crippen molar-refractivity contribution in [2.75, 3.05) is 0 Å². The normalized spacial score (nSPS) is 8.00. The van der Waals surface area contributed by atoms with Gasteiger partial charge >= 0.3 is 7.69 Å². The van der Waals surface area contributed by atoms with Gasteiger partial charge in [-0.25, -0.2) is 0 Å². The molecule has 0 fully saturated rings. The van der Waals surface area contributed by atoms with E-state index in [9.17, 15) is 0 Å². The van der Waals surface area contributed by atoms with Crippen molar-refractivity contribution in [2.24, 2.45) is 0 Å². The van der Waals surface area contributed by atoms with Gasteiger partial charge in [-0.15, -0.1) is 0 Å². The Hall–Kier alpha value is -0.505. The van der Waals surface area contributed by atoms with E-state index in [1.807, 2.05) is 31.2 Å². The zero-order valence-electron chi connectivity index (χ0n) is 6.29. The summed E-state index contributed by atoms with van der Waals surface area (Å²) in [6.07, 6.45) is 0. The molecule has 0 aliphatic carbocycles. The van der Waals surface area contributed by atoms with Crippen molar-refractivity contribution in [2.45, 2.75) is 6.92 Å². The highest BCUT2D eigenvalue weighted by Gasteiger charge is 1.81. The monoisotopic (exact) mass is 172 g/mol. The number of aryl methyl sites for hydroxylation is 1. The fourth-order valence-corrected chi connectivity index (χ4v) is 0.659. The molecule has 0 saturated heterocycles. The molecule has 1 rings (SSSR count). The minimum atomic E-state index is -0.750. The van der Waals surface area contributed by atoms with Crippen LogP contribution in [0, 0.1) is 6.92 Å². The molecule has 0 amide bonds. The van der Waals surface area contributed by atoms with Crippen LogP contribution in [0.2, 0.25) is 5.02 Å². The Kier molecular flexibility index (Phi) is 5.94. The molecule has 2 N–H and O–H groups in total. The maximum absolute atomic E-state index is 7.12. The van der Waals surface area contributed by atoms with Gasteiger partial charge in [0.1, 0.15) is 0 Å². The summed E-state index contributed by atoms with van der Waals surface area (Å²) in [6.45, 7) is 2.04. The summed E-state index contributed by atoms with van der Waals surface area (Å²) in [5, 5.41) is 15.1. The standard InChI is InChI=1S/C7H7Cl.BH3O2/c1-6-2-4-7(8)5-3-6;2-1-3/h2-5H,1H3;1-3H. The van der Waals surface area contributed by atoms with Gasteiger partial charge in [-0.3, -0.25) is 0 Å². The molecule has 4 heteroatoms. The molecule has 11 heavy (non-hydrogen) atoms. The Morgan fingerprint density at radius 1 is 1.18 bits per heavy atom. The smallest absolute Gasteiger partial charge is 0.430 e. The summed E-state index contributed by atoms with van der Waals surface area (Å²) in [7, 11) is -0.750. The number of hydrogen-bond donors (Lipinski definition) is 2. The zero-order valence-corrected chi connectivity index (χ0v) is 7.04. The van der Waals surface area contributed by atoms with Crippen molar-refractivity contribution < 1.29 is 10.0 Å². The molecule has 1 aromatic rings. The second-order valence-electron chi connectivity index (χ2n) is 1.94. The first-order valence-electron chi connectivity index (χ1n) is 3.14. The molecule has 0 unspecified atom stereocenters. The van der Waals surface area contributed by atoms with Crippen molar-refractivity contribution >= 4 is 19.3 Å². The number of benzene rings is 1. The van der Waals surface area contributed by atoms with Gasteiger partial charge in [0.15, 0.2) is 0 Å². The fourth-order valence-electron chi connectivity index (χ4n) is 0.533. The topological polar surface area (TPSA) is 40.5 Å². The molecule has 0 bridgehead atoms. The largest absolute Gasteiger partial charge is 0.432 e. The summed E-state index contributed by atoms with van der Waals surface area (Å²) in [6, 6.07) is 7.75. The highest BCUT2D eigenvalue weighted by atomic mass is 35.5. The van der Waals surface area contributed by atoms with Crippen LogP contribution in [-0.2, 0) is 0 Å². The first-order valence-corrected chi connectivity index (χ1v) is 3.52. The molecule has 1 aromatic carbocycles. The molecule has 0 radical (unpaired) electrons. The molecule has 0 aliphatic rings. The third-order valence-corrected chi connectivity index (χ3v) is 1.26. The van der Waals surface area contributed by atoms with E-state index in [-0.39, 0.29) is 0 Å². The first-order chi connectivity index (χ1) is 5.20. The van der Waals surface area contributed by atoms with Crippen molar-refractivity contribution in [1.29, 1.82) is 0 Å². The predicted octanol–water partition coefficient (Wildman–Crippen LogP) is 0.886. The molecular formula is C7H10BClO2. The summed E-state index contributed by atoms with van der Waals surface area (Å²) >= 11 is 5.61. The zero-order chi connectivity index (χ0) is 8.69. The summed E-state index contributed by atoms with van der Waals surface area (Å²) < 4.78 is 0. The number of hydrogen-bond acceptors (Lipinski definition) is 2. The molecule has 60 valence electrons. The van der Waals surface area contributed by atoms with Gasteiger partial charge in [-0.2, -0.15) is 0 Å². The first kappa shape index (κ1) is 10.5.